The number of anilines is 1. The molecule has 0 spiro atoms. The largest absolute Gasteiger partial charge is 0.382 e. The molecule has 19 heavy (non-hydrogen) atoms. The number of benzene rings is 2. The first kappa shape index (κ1) is 12.4. The molecular formula is C16H16N2S. The van der Waals surface area contributed by atoms with Crippen LogP contribution < -0.4 is 5.32 Å². The van der Waals surface area contributed by atoms with E-state index in [4.69, 9.17) is 0 Å². The lowest BCUT2D eigenvalue weighted by molar-refractivity contribution is 0.667. The SMILES string of the molecule is N#Cc1ccc(NC2CCSCC2)c2ccccc12. The Morgan fingerprint density at radius 2 is 1.79 bits per heavy atom. The second-order valence-corrected chi connectivity index (χ2v) is 6.07. The third-order valence-electron chi connectivity index (χ3n) is 3.63. The van der Waals surface area contributed by atoms with Crippen molar-refractivity contribution in [2.75, 3.05) is 16.8 Å². The molecule has 0 aliphatic carbocycles. The van der Waals surface area contributed by atoms with Gasteiger partial charge in [0.15, 0.2) is 0 Å². The Labute approximate surface area is 117 Å². The Balaban J connectivity index is 1.97. The van der Waals surface area contributed by atoms with Crippen LogP contribution in [-0.2, 0) is 0 Å². The maximum absolute atomic E-state index is 9.17. The highest BCUT2D eigenvalue weighted by Crippen LogP contribution is 2.29. The molecule has 2 aromatic carbocycles. The van der Waals surface area contributed by atoms with Crippen molar-refractivity contribution >= 4 is 28.2 Å². The minimum absolute atomic E-state index is 0.567. The summed E-state index contributed by atoms with van der Waals surface area (Å²) in [4.78, 5) is 0. The standard InChI is InChI=1S/C16H16N2S/c17-11-12-5-6-16(15-4-2-1-3-14(12)15)18-13-7-9-19-10-8-13/h1-6,13,18H,7-10H2. The minimum atomic E-state index is 0.567. The second-order valence-electron chi connectivity index (χ2n) is 4.85. The summed E-state index contributed by atoms with van der Waals surface area (Å²) in [7, 11) is 0. The van der Waals surface area contributed by atoms with Crippen LogP contribution >= 0.6 is 11.8 Å². The van der Waals surface area contributed by atoms with Crippen molar-refractivity contribution < 1.29 is 0 Å². The highest BCUT2D eigenvalue weighted by Gasteiger charge is 2.14. The van der Waals surface area contributed by atoms with Crippen molar-refractivity contribution in [1.29, 1.82) is 5.26 Å². The molecule has 1 saturated heterocycles. The normalized spacial score (nSPS) is 16.2. The van der Waals surface area contributed by atoms with E-state index in [1.165, 1.54) is 24.3 Å². The Bertz CT molecular complexity index is 624. The lowest BCUT2D eigenvalue weighted by Crippen LogP contribution is -2.24. The van der Waals surface area contributed by atoms with Crippen LogP contribution in [0.15, 0.2) is 36.4 Å². The topological polar surface area (TPSA) is 35.8 Å². The van der Waals surface area contributed by atoms with Crippen molar-refractivity contribution in [3.05, 3.63) is 42.0 Å². The van der Waals surface area contributed by atoms with Gasteiger partial charge in [-0.25, -0.2) is 0 Å². The van der Waals surface area contributed by atoms with Crippen LogP contribution in [0.5, 0.6) is 0 Å². The summed E-state index contributed by atoms with van der Waals surface area (Å²) in [5.74, 6) is 2.48. The lowest BCUT2D eigenvalue weighted by atomic mass is 10.0. The molecule has 1 fully saturated rings. The molecule has 1 aliphatic rings. The highest BCUT2D eigenvalue weighted by atomic mass is 32.2. The van der Waals surface area contributed by atoms with Gasteiger partial charge in [-0.1, -0.05) is 24.3 Å². The molecule has 0 amide bonds. The van der Waals surface area contributed by atoms with Gasteiger partial charge in [-0.05, 0) is 36.5 Å². The van der Waals surface area contributed by atoms with Crippen LogP contribution in [0.25, 0.3) is 10.8 Å². The predicted molar refractivity (Wildman–Crippen MR) is 82.6 cm³/mol. The van der Waals surface area contributed by atoms with E-state index in [-0.39, 0.29) is 0 Å². The highest BCUT2D eigenvalue weighted by molar-refractivity contribution is 7.99. The lowest BCUT2D eigenvalue weighted by Gasteiger charge is -2.24. The Hall–Kier alpha value is -1.66. The summed E-state index contributed by atoms with van der Waals surface area (Å²) in [5.41, 5.74) is 1.91. The maximum Gasteiger partial charge on any atom is 0.0998 e. The molecule has 3 rings (SSSR count). The summed E-state index contributed by atoms with van der Waals surface area (Å²) < 4.78 is 0. The van der Waals surface area contributed by atoms with Gasteiger partial charge in [0.1, 0.15) is 0 Å². The summed E-state index contributed by atoms with van der Waals surface area (Å²) in [6.45, 7) is 0. The van der Waals surface area contributed by atoms with E-state index in [1.54, 1.807) is 0 Å². The van der Waals surface area contributed by atoms with Gasteiger partial charge in [-0.15, -0.1) is 0 Å². The molecule has 0 saturated carbocycles. The number of thioether (sulfide) groups is 1. The van der Waals surface area contributed by atoms with Gasteiger partial charge < -0.3 is 5.32 Å². The van der Waals surface area contributed by atoms with Crippen LogP contribution in [0.4, 0.5) is 5.69 Å². The van der Waals surface area contributed by atoms with Gasteiger partial charge in [-0.2, -0.15) is 17.0 Å². The van der Waals surface area contributed by atoms with E-state index in [0.29, 0.717) is 6.04 Å². The zero-order valence-corrected chi connectivity index (χ0v) is 11.5. The molecule has 0 unspecified atom stereocenters. The number of hydrogen-bond donors (Lipinski definition) is 1. The molecule has 1 heterocycles. The van der Waals surface area contributed by atoms with E-state index in [1.807, 2.05) is 42.1 Å². The Morgan fingerprint density at radius 3 is 2.53 bits per heavy atom. The Morgan fingerprint density at radius 1 is 1.05 bits per heavy atom. The number of nitriles is 1. The first-order valence-electron chi connectivity index (χ1n) is 6.64. The molecule has 1 aliphatic heterocycles. The number of nitrogens with one attached hydrogen (secondary N) is 1. The molecule has 96 valence electrons. The summed E-state index contributed by atoms with van der Waals surface area (Å²) in [6, 6.07) is 14.9. The van der Waals surface area contributed by atoms with Crippen molar-refractivity contribution in [3.8, 4) is 6.07 Å². The molecule has 0 atom stereocenters. The van der Waals surface area contributed by atoms with Crippen LogP contribution in [0.1, 0.15) is 18.4 Å². The van der Waals surface area contributed by atoms with E-state index < -0.39 is 0 Å². The minimum Gasteiger partial charge on any atom is -0.382 e. The quantitative estimate of drug-likeness (QED) is 0.893. The summed E-state index contributed by atoms with van der Waals surface area (Å²) in [6.07, 6.45) is 2.44. The van der Waals surface area contributed by atoms with Crippen molar-refractivity contribution in [3.63, 3.8) is 0 Å². The Kier molecular flexibility index (Phi) is 3.61. The first-order valence-corrected chi connectivity index (χ1v) is 7.80. The predicted octanol–water partition coefficient (Wildman–Crippen LogP) is 4.02. The van der Waals surface area contributed by atoms with E-state index in [2.05, 4.69) is 17.5 Å². The fourth-order valence-corrected chi connectivity index (χ4v) is 3.69. The van der Waals surface area contributed by atoms with Gasteiger partial charge in [0, 0.05) is 22.5 Å². The monoisotopic (exact) mass is 268 g/mol. The fraction of sp³-hybridized carbons (Fsp3) is 0.312. The molecular weight excluding hydrogens is 252 g/mol. The fourth-order valence-electron chi connectivity index (χ4n) is 2.58. The average Bonchev–Trinajstić information content (AvgIpc) is 2.49. The zero-order valence-electron chi connectivity index (χ0n) is 10.7. The first-order chi connectivity index (χ1) is 9.38. The van der Waals surface area contributed by atoms with Gasteiger partial charge in [-0.3, -0.25) is 0 Å². The molecule has 1 N–H and O–H groups in total. The van der Waals surface area contributed by atoms with Crippen LogP contribution in [-0.4, -0.2) is 17.5 Å². The molecule has 2 nitrogen and oxygen atoms in total. The van der Waals surface area contributed by atoms with Gasteiger partial charge in [0.25, 0.3) is 0 Å². The number of nitrogens with zero attached hydrogens (tertiary/aromatic N) is 1. The smallest absolute Gasteiger partial charge is 0.0998 e. The molecule has 0 radical (unpaired) electrons. The molecule has 2 aromatic rings. The summed E-state index contributed by atoms with van der Waals surface area (Å²) in [5, 5.41) is 15.0. The molecule has 0 bridgehead atoms. The van der Waals surface area contributed by atoms with Crippen LogP contribution in [0.2, 0.25) is 0 Å². The van der Waals surface area contributed by atoms with E-state index in [9.17, 15) is 5.26 Å². The molecule has 3 heteroatoms. The van der Waals surface area contributed by atoms with Gasteiger partial charge in [0.05, 0.1) is 11.6 Å². The van der Waals surface area contributed by atoms with Crippen LogP contribution in [0.3, 0.4) is 0 Å². The van der Waals surface area contributed by atoms with E-state index >= 15 is 0 Å². The number of hydrogen-bond acceptors (Lipinski definition) is 3. The van der Waals surface area contributed by atoms with Crippen molar-refractivity contribution in [1.82, 2.24) is 0 Å². The number of fused-ring (bicyclic) bond motifs is 1. The zero-order chi connectivity index (χ0) is 13.1. The third-order valence-corrected chi connectivity index (χ3v) is 4.67. The maximum atomic E-state index is 9.17. The average molecular weight is 268 g/mol. The second kappa shape index (κ2) is 5.54. The summed E-state index contributed by atoms with van der Waals surface area (Å²) >= 11 is 2.04. The third kappa shape index (κ3) is 2.54. The van der Waals surface area contributed by atoms with Crippen molar-refractivity contribution in [2.45, 2.75) is 18.9 Å². The van der Waals surface area contributed by atoms with Gasteiger partial charge in [0.2, 0.25) is 0 Å². The number of rotatable bonds is 2. The molecule has 0 aromatic heterocycles. The van der Waals surface area contributed by atoms with E-state index in [0.717, 1.165) is 22.0 Å². The van der Waals surface area contributed by atoms with Crippen molar-refractivity contribution in [2.24, 2.45) is 0 Å². The van der Waals surface area contributed by atoms with Gasteiger partial charge >= 0.3 is 0 Å². The van der Waals surface area contributed by atoms with Crippen LogP contribution in [0, 0.1) is 11.3 Å².